The molecule has 13 nitrogen and oxygen atoms in total. The molecule has 0 bridgehead atoms. The van der Waals surface area contributed by atoms with Crippen molar-refractivity contribution in [2.24, 2.45) is 0 Å². The predicted octanol–water partition coefficient (Wildman–Crippen LogP) is -0.0995. The molecule has 0 spiro atoms. The van der Waals surface area contributed by atoms with Gasteiger partial charge in [-0.1, -0.05) is 0 Å². The van der Waals surface area contributed by atoms with E-state index in [1.165, 1.54) is 37.1 Å². The number of fused-ring (bicyclic) bond motifs is 1. The third-order valence-electron chi connectivity index (χ3n) is 5.07. The lowest BCUT2D eigenvalue weighted by atomic mass is 10.1. The van der Waals surface area contributed by atoms with Crippen LogP contribution >= 0.6 is 0 Å². The Morgan fingerprint density at radius 3 is 2.32 bits per heavy atom. The Hall–Kier alpha value is -3.65. The zero-order chi connectivity index (χ0) is 24.4. The van der Waals surface area contributed by atoms with Crippen molar-refractivity contribution in [3.63, 3.8) is 0 Å². The predicted molar refractivity (Wildman–Crippen MR) is 115 cm³/mol. The second kappa shape index (κ2) is 9.69. The molecule has 0 unspecified atom stereocenters. The Labute approximate surface area is 192 Å². The van der Waals surface area contributed by atoms with Gasteiger partial charge < -0.3 is 34.8 Å². The fraction of sp³-hybridized carbons (Fsp3) is 0.381. The van der Waals surface area contributed by atoms with Crippen LogP contribution in [-0.4, -0.2) is 71.7 Å². The molecule has 3 aromatic rings. The number of ether oxygens (including phenoxy) is 3. The molecule has 0 radical (unpaired) electrons. The first-order valence-electron chi connectivity index (χ1n) is 10.3. The van der Waals surface area contributed by atoms with Gasteiger partial charge >= 0.3 is 11.9 Å². The third-order valence-corrected chi connectivity index (χ3v) is 5.07. The quantitative estimate of drug-likeness (QED) is 0.265. The average Bonchev–Trinajstić information content (AvgIpc) is 3.32. The standard InChI is InChI=1S/C21H23N5O8/c1-10(28)32-13-3-12(4-14(5-13)33-11(2)29)6-22-19-16-20(24-8-23-19)26(9-25-16)21-18(31)17(30)15(7-27)34-21/h3-5,8-9,15,17-18,21,27,30-31H,6-7H2,1-2H3,(H,22,23,24)/t15-,17-,18-,21-/m1/s1. The molecule has 2 aromatic heterocycles. The highest BCUT2D eigenvalue weighted by Crippen LogP contribution is 2.32. The maximum atomic E-state index is 11.3. The number of carbonyl (C=O) groups is 2. The van der Waals surface area contributed by atoms with Gasteiger partial charge in [-0.3, -0.25) is 14.2 Å². The molecule has 1 saturated heterocycles. The van der Waals surface area contributed by atoms with E-state index in [4.69, 9.17) is 14.2 Å². The van der Waals surface area contributed by atoms with E-state index in [1.54, 1.807) is 12.1 Å². The number of imidazole rings is 1. The molecule has 0 amide bonds. The van der Waals surface area contributed by atoms with E-state index in [2.05, 4.69) is 20.3 Å². The van der Waals surface area contributed by atoms with E-state index in [1.807, 2.05) is 0 Å². The van der Waals surface area contributed by atoms with Crippen LogP contribution in [0.5, 0.6) is 11.5 Å². The van der Waals surface area contributed by atoms with Gasteiger partial charge in [-0.25, -0.2) is 15.0 Å². The molecule has 1 aliphatic rings. The number of aliphatic hydroxyl groups excluding tert-OH is 3. The Morgan fingerprint density at radius 1 is 1.06 bits per heavy atom. The number of hydrogen-bond acceptors (Lipinski definition) is 12. The van der Waals surface area contributed by atoms with Gasteiger partial charge in [0.25, 0.3) is 0 Å². The molecule has 1 aromatic carbocycles. The van der Waals surface area contributed by atoms with Crippen LogP contribution in [-0.2, 0) is 20.9 Å². The van der Waals surface area contributed by atoms with Gasteiger partial charge in [0.1, 0.15) is 36.1 Å². The highest BCUT2D eigenvalue weighted by molar-refractivity contribution is 5.82. The lowest BCUT2D eigenvalue weighted by Crippen LogP contribution is -2.33. The highest BCUT2D eigenvalue weighted by Gasteiger charge is 2.44. The maximum Gasteiger partial charge on any atom is 0.308 e. The normalized spacial score (nSPS) is 22.0. The van der Waals surface area contributed by atoms with Gasteiger partial charge in [0.05, 0.1) is 12.9 Å². The number of nitrogens with zero attached hydrogens (tertiary/aromatic N) is 4. The molecular weight excluding hydrogens is 450 g/mol. The van der Waals surface area contributed by atoms with E-state index in [-0.39, 0.29) is 18.0 Å². The number of hydrogen-bond donors (Lipinski definition) is 4. The zero-order valence-corrected chi connectivity index (χ0v) is 18.3. The minimum absolute atomic E-state index is 0.205. The van der Waals surface area contributed by atoms with Crippen LogP contribution in [0.25, 0.3) is 11.2 Å². The average molecular weight is 473 g/mol. The van der Waals surface area contributed by atoms with Crippen molar-refractivity contribution in [3.05, 3.63) is 36.4 Å². The lowest BCUT2D eigenvalue weighted by molar-refractivity contribution is -0.132. The first kappa shape index (κ1) is 23.5. The van der Waals surface area contributed by atoms with Crippen molar-refractivity contribution in [2.75, 3.05) is 11.9 Å². The Morgan fingerprint density at radius 2 is 1.74 bits per heavy atom. The van der Waals surface area contributed by atoms with Crippen LogP contribution in [0, 0.1) is 0 Å². The summed E-state index contributed by atoms with van der Waals surface area (Å²) in [5.41, 5.74) is 1.34. The maximum absolute atomic E-state index is 11.3. The minimum Gasteiger partial charge on any atom is -0.427 e. The van der Waals surface area contributed by atoms with Crippen molar-refractivity contribution >= 4 is 28.9 Å². The Kier molecular flexibility index (Phi) is 6.70. The van der Waals surface area contributed by atoms with E-state index in [0.29, 0.717) is 22.5 Å². The summed E-state index contributed by atoms with van der Waals surface area (Å²) in [4.78, 5) is 35.4. The van der Waals surface area contributed by atoms with E-state index < -0.39 is 43.1 Å². The minimum atomic E-state index is -1.29. The van der Waals surface area contributed by atoms with Crippen molar-refractivity contribution in [1.82, 2.24) is 19.5 Å². The summed E-state index contributed by atoms with van der Waals surface area (Å²) in [7, 11) is 0. The number of aromatic nitrogens is 4. The monoisotopic (exact) mass is 473 g/mol. The SMILES string of the molecule is CC(=O)Oc1cc(CNc2ncnc3c2ncn3[C@@H]2O[C@H](CO)[C@@H](O)[C@H]2O)cc(OC(C)=O)c1. The summed E-state index contributed by atoms with van der Waals surface area (Å²) in [6.45, 7) is 2.27. The van der Waals surface area contributed by atoms with Gasteiger partial charge in [0.15, 0.2) is 23.2 Å². The summed E-state index contributed by atoms with van der Waals surface area (Å²) >= 11 is 0. The fourth-order valence-electron chi connectivity index (χ4n) is 3.65. The first-order valence-corrected chi connectivity index (χ1v) is 10.3. The Balaban J connectivity index is 1.58. The van der Waals surface area contributed by atoms with Gasteiger partial charge in [-0.2, -0.15) is 0 Å². The number of aliphatic hydroxyl groups is 3. The molecule has 4 N–H and O–H groups in total. The molecule has 4 rings (SSSR count). The number of esters is 2. The molecule has 3 heterocycles. The molecule has 13 heteroatoms. The summed E-state index contributed by atoms with van der Waals surface area (Å²) in [6, 6.07) is 4.65. The van der Waals surface area contributed by atoms with E-state index in [0.717, 1.165) is 0 Å². The van der Waals surface area contributed by atoms with E-state index in [9.17, 15) is 24.9 Å². The fourth-order valence-corrected chi connectivity index (χ4v) is 3.65. The molecule has 1 fully saturated rings. The zero-order valence-electron chi connectivity index (χ0n) is 18.3. The molecule has 0 aliphatic carbocycles. The smallest absolute Gasteiger partial charge is 0.308 e. The van der Waals surface area contributed by atoms with Crippen LogP contribution in [0.15, 0.2) is 30.9 Å². The molecule has 1 aliphatic heterocycles. The van der Waals surface area contributed by atoms with Crippen LogP contribution in [0.1, 0.15) is 25.6 Å². The number of carbonyl (C=O) groups excluding carboxylic acids is 2. The molecule has 0 saturated carbocycles. The van der Waals surface area contributed by atoms with Crippen molar-refractivity contribution < 1.29 is 39.1 Å². The van der Waals surface area contributed by atoms with Gasteiger partial charge in [0, 0.05) is 26.5 Å². The van der Waals surface area contributed by atoms with Gasteiger partial charge in [-0.05, 0) is 17.7 Å². The number of benzene rings is 1. The summed E-state index contributed by atoms with van der Waals surface area (Å²) < 4.78 is 17.2. The molecule has 180 valence electrons. The summed E-state index contributed by atoms with van der Waals surface area (Å²) in [5.74, 6) is -0.255. The second-order valence-electron chi connectivity index (χ2n) is 7.63. The Bertz CT molecular complexity index is 1180. The number of nitrogens with one attached hydrogen (secondary N) is 1. The van der Waals surface area contributed by atoms with Crippen LogP contribution in [0.4, 0.5) is 5.82 Å². The summed E-state index contributed by atoms with van der Waals surface area (Å²) in [6.07, 6.45) is -1.79. The molecular formula is C21H23N5O8. The van der Waals surface area contributed by atoms with Crippen molar-refractivity contribution in [2.45, 2.75) is 44.9 Å². The highest BCUT2D eigenvalue weighted by atomic mass is 16.6. The second-order valence-corrected chi connectivity index (χ2v) is 7.63. The molecule has 4 atom stereocenters. The molecule has 34 heavy (non-hydrogen) atoms. The van der Waals surface area contributed by atoms with Gasteiger partial charge in [0.2, 0.25) is 0 Å². The third kappa shape index (κ3) is 4.82. The van der Waals surface area contributed by atoms with Crippen LogP contribution in [0.3, 0.4) is 0 Å². The lowest BCUT2D eigenvalue weighted by Gasteiger charge is -2.16. The van der Waals surface area contributed by atoms with E-state index >= 15 is 0 Å². The first-order chi connectivity index (χ1) is 16.3. The summed E-state index contributed by atoms with van der Waals surface area (Å²) in [5, 5.41) is 32.8. The van der Waals surface area contributed by atoms with Gasteiger partial charge in [-0.15, -0.1) is 0 Å². The van der Waals surface area contributed by atoms with Crippen molar-refractivity contribution in [3.8, 4) is 11.5 Å². The van der Waals surface area contributed by atoms with Crippen LogP contribution in [0.2, 0.25) is 0 Å². The number of rotatable bonds is 7. The van der Waals surface area contributed by atoms with Crippen molar-refractivity contribution in [1.29, 1.82) is 0 Å². The van der Waals surface area contributed by atoms with Crippen LogP contribution < -0.4 is 14.8 Å². The number of anilines is 1. The topological polar surface area (TPSA) is 178 Å². The largest absolute Gasteiger partial charge is 0.427 e.